The zero-order valence-corrected chi connectivity index (χ0v) is 10.5. The van der Waals surface area contributed by atoms with Crippen LogP contribution in [0.2, 0.25) is 5.02 Å². The summed E-state index contributed by atoms with van der Waals surface area (Å²) in [6.07, 6.45) is 2.64. The van der Waals surface area contributed by atoms with Crippen LogP contribution in [0.4, 0.5) is 0 Å². The highest BCUT2D eigenvalue weighted by atomic mass is 35.5. The van der Waals surface area contributed by atoms with E-state index in [0.29, 0.717) is 18.2 Å². The average molecular weight is 268 g/mol. The number of rotatable bonds is 6. The number of aromatic nitrogens is 3. The van der Waals surface area contributed by atoms with Crippen LogP contribution in [0.15, 0.2) is 36.7 Å². The Morgan fingerprint density at radius 1 is 1.39 bits per heavy atom. The molecule has 1 aromatic carbocycles. The average Bonchev–Trinajstić information content (AvgIpc) is 2.84. The van der Waals surface area contributed by atoms with Gasteiger partial charge < -0.3 is 9.84 Å². The summed E-state index contributed by atoms with van der Waals surface area (Å²) in [5, 5.41) is 17.8. The Kier molecular flexibility index (Phi) is 4.69. The number of hydrogen-bond acceptors (Lipinski definition) is 4. The maximum absolute atomic E-state index is 9.72. The van der Waals surface area contributed by atoms with Crippen molar-refractivity contribution in [2.45, 2.75) is 19.3 Å². The minimum absolute atomic E-state index is 0.227. The van der Waals surface area contributed by atoms with Gasteiger partial charge in [0, 0.05) is 11.2 Å². The lowest BCUT2D eigenvalue weighted by Gasteiger charge is -2.11. The van der Waals surface area contributed by atoms with Crippen LogP contribution in [-0.4, -0.2) is 32.8 Å². The van der Waals surface area contributed by atoms with Gasteiger partial charge in [-0.1, -0.05) is 35.0 Å². The number of ether oxygens (including phenoxy) is 1. The van der Waals surface area contributed by atoms with Crippen LogP contribution >= 0.6 is 11.6 Å². The fourth-order valence-corrected chi connectivity index (χ4v) is 1.71. The van der Waals surface area contributed by atoms with Gasteiger partial charge in [0.1, 0.15) is 0 Å². The van der Waals surface area contributed by atoms with E-state index in [9.17, 15) is 5.11 Å². The molecule has 0 unspecified atom stereocenters. The number of nitrogens with zero attached hydrogens (tertiary/aromatic N) is 3. The van der Waals surface area contributed by atoms with Crippen molar-refractivity contribution in [3.63, 3.8) is 0 Å². The van der Waals surface area contributed by atoms with Crippen molar-refractivity contribution in [2.75, 3.05) is 6.61 Å². The fraction of sp³-hybridized carbons (Fsp3) is 0.333. The van der Waals surface area contributed by atoms with Gasteiger partial charge in [-0.05, 0) is 11.6 Å². The van der Waals surface area contributed by atoms with Gasteiger partial charge in [0.15, 0.2) is 0 Å². The van der Waals surface area contributed by atoms with Crippen molar-refractivity contribution in [1.82, 2.24) is 15.0 Å². The maximum Gasteiger partial charge on any atom is 0.0969 e. The van der Waals surface area contributed by atoms with E-state index in [2.05, 4.69) is 10.3 Å². The van der Waals surface area contributed by atoms with Gasteiger partial charge in [0.05, 0.1) is 32.1 Å². The second kappa shape index (κ2) is 6.49. The fourth-order valence-electron chi connectivity index (χ4n) is 1.52. The summed E-state index contributed by atoms with van der Waals surface area (Å²) in [7, 11) is 0. The summed E-state index contributed by atoms with van der Waals surface area (Å²) in [4.78, 5) is 0. The third kappa shape index (κ3) is 3.80. The Morgan fingerprint density at radius 3 is 2.94 bits per heavy atom. The quantitative estimate of drug-likeness (QED) is 0.862. The lowest BCUT2D eigenvalue weighted by Crippen LogP contribution is -2.22. The van der Waals surface area contributed by atoms with Crippen molar-refractivity contribution in [3.05, 3.63) is 47.2 Å². The van der Waals surface area contributed by atoms with Crippen LogP contribution < -0.4 is 0 Å². The van der Waals surface area contributed by atoms with Crippen LogP contribution in [0.5, 0.6) is 0 Å². The van der Waals surface area contributed by atoms with Gasteiger partial charge >= 0.3 is 0 Å². The zero-order chi connectivity index (χ0) is 12.8. The van der Waals surface area contributed by atoms with E-state index in [0.717, 1.165) is 5.56 Å². The first-order valence-electron chi connectivity index (χ1n) is 5.59. The molecule has 1 atom stereocenters. The molecule has 0 saturated heterocycles. The molecule has 0 aliphatic carbocycles. The molecular formula is C12H14ClN3O2. The van der Waals surface area contributed by atoms with E-state index >= 15 is 0 Å². The second-order valence-electron chi connectivity index (χ2n) is 3.89. The minimum atomic E-state index is -0.616. The van der Waals surface area contributed by atoms with E-state index in [1.807, 2.05) is 24.3 Å². The van der Waals surface area contributed by atoms with Crippen LogP contribution in [0, 0.1) is 0 Å². The Morgan fingerprint density at radius 2 is 2.22 bits per heavy atom. The third-order valence-electron chi connectivity index (χ3n) is 2.40. The van der Waals surface area contributed by atoms with E-state index < -0.39 is 6.10 Å². The number of halogens is 1. The molecule has 0 spiro atoms. The first-order chi connectivity index (χ1) is 8.75. The van der Waals surface area contributed by atoms with Gasteiger partial charge in [0.25, 0.3) is 0 Å². The van der Waals surface area contributed by atoms with E-state index in [1.165, 1.54) is 0 Å². The first-order valence-corrected chi connectivity index (χ1v) is 5.97. The van der Waals surface area contributed by atoms with Crippen LogP contribution in [-0.2, 0) is 17.9 Å². The van der Waals surface area contributed by atoms with E-state index in [4.69, 9.17) is 16.3 Å². The highest BCUT2D eigenvalue weighted by molar-refractivity contribution is 6.31. The SMILES string of the molecule is O[C@@H](COCc1ccccc1Cl)Cn1ccnn1. The summed E-state index contributed by atoms with van der Waals surface area (Å²) < 4.78 is 6.97. The highest BCUT2D eigenvalue weighted by Gasteiger charge is 2.07. The van der Waals surface area contributed by atoms with E-state index in [1.54, 1.807) is 17.1 Å². The molecule has 2 rings (SSSR count). The predicted octanol–water partition coefficient (Wildman–Crippen LogP) is 1.51. The van der Waals surface area contributed by atoms with Gasteiger partial charge in [-0.25, -0.2) is 4.68 Å². The molecule has 0 radical (unpaired) electrons. The molecule has 96 valence electrons. The van der Waals surface area contributed by atoms with Crippen LogP contribution in [0.25, 0.3) is 0 Å². The van der Waals surface area contributed by atoms with E-state index in [-0.39, 0.29) is 6.61 Å². The summed E-state index contributed by atoms with van der Waals surface area (Å²) in [5.41, 5.74) is 0.909. The molecule has 0 amide bonds. The molecule has 5 nitrogen and oxygen atoms in total. The predicted molar refractivity (Wildman–Crippen MR) is 67.1 cm³/mol. The monoisotopic (exact) mass is 267 g/mol. The number of aliphatic hydroxyl groups excluding tert-OH is 1. The van der Waals surface area contributed by atoms with Crippen molar-refractivity contribution in [1.29, 1.82) is 0 Å². The molecule has 18 heavy (non-hydrogen) atoms. The van der Waals surface area contributed by atoms with Crippen molar-refractivity contribution >= 4 is 11.6 Å². The molecule has 2 aromatic rings. The summed E-state index contributed by atoms with van der Waals surface area (Å²) in [5.74, 6) is 0. The van der Waals surface area contributed by atoms with Crippen molar-refractivity contribution in [3.8, 4) is 0 Å². The van der Waals surface area contributed by atoms with Crippen molar-refractivity contribution in [2.24, 2.45) is 0 Å². The van der Waals surface area contributed by atoms with Gasteiger partial charge in [-0.3, -0.25) is 0 Å². The molecule has 0 bridgehead atoms. The third-order valence-corrected chi connectivity index (χ3v) is 2.76. The number of hydrogen-bond donors (Lipinski definition) is 1. The Bertz CT molecular complexity index is 476. The summed E-state index contributed by atoms with van der Waals surface area (Å²) in [6.45, 7) is 0.974. The zero-order valence-electron chi connectivity index (χ0n) is 9.74. The summed E-state index contributed by atoms with van der Waals surface area (Å²) in [6, 6.07) is 7.47. The molecule has 0 fully saturated rings. The normalized spacial score (nSPS) is 12.6. The molecule has 1 heterocycles. The Balaban J connectivity index is 1.74. The standard InChI is InChI=1S/C12H14ClN3O2/c13-12-4-2-1-3-10(12)8-18-9-11(17)7-16-6-5-14-15-16/h1-6,11,17H,7-9H2/t11-/m1/s1. The largest absolute Gasteiger partial charge is 0.389 e. The smallest absolute Gasteiger partial charge is 0.0969 e. The maximum atomic E-state index is 9.72. The number of aliphatic hydroxyl groups is 1. The Labute approximate surface area is 110 Å². The Hall–Kier alpha value is -1.43. The highest BCUT2D eigenvalue weighted by Crippen LogP contribution is 2.15. The van der Waals surface area contributed by atoms with Crippen molar-refractivity contribution < 1.29 is 9.84 Å². The lowest BCUT2D eigenvalue weighted by molar-refractivity contribution is 0.0185. The molecule has 1 aromatic heterocycles. The number of benzene rings is 1. The van der Waals surface area contributed by atoms with Crippen LogP contribution in [0.1, 0.15) is 5.56 Å². The molecule has 0 saturated carbocycles. The molecule has 6 heteroatoms. The lowest BCUT2D eigenvalue weighted by atomic mass is 10.2. The second-order valence-corrected chi connectivity index (χ2v) is 4.29. The topological polar surface area (TPSA) is 60.2 Å². The molecule has 0 aliphatic heterocycles. The molecular weight excluding hydrogens is 254 g/mol. The molecule has 1 N–H and O–H groups in total. The van der Waals surface area contributed by atoms with Gasteiger partial charge in [-0.2, -0.15) is 0 Å². The summed E-state index contributed by atoms with van der Waals surface area (Å²) >= 11 is 5.99. The van der Waals surface area contributed by atoms with Crippen LogP contribution in [0.3, 0.4) is 0 Å². The molecule has 0 aliphatic rings. The first kappa shape index (κ1) is 13.0. The van der Waals surface area contributed by atoms with Gasteiger partial charge in [-0.15, -0.1) is 5.10 Å². The van der Waals surface area contributed by atoms with Gasteiger partial charge in [0.2, 0.25) is 0 Å². The minimum Gasteiger partial charge on any atom is -0.389 e.